The summed E-state index contributed by atoms with van der Waals surface area (Å²) >= 11 is 3.17. The Kier molecular flexibility index (Phi) is 9.41. The first-order chi connectivity index (χ1) is 16.2. The van der Waals surface area contributed by atoms with Gasteiger partial charge < -0.3 is 10.2 Å². The Balaban J connectivity index is 1.22. The Morgan fingerprint density at radius 2 is 1.61 bits per heavy atom. The fraction of sp³-hybridized carbons (Fsp3) is 0.640. The summed E-state index contributed by atoms with van der Waals surface area (Å²) in [5, 5.41) is 6.80. The lowest BCUT2D eigenvalue weighted by atomic mass is 9.89. The van der Waals surface area contributed by atoms with Crippen molar-refractivity contribution in [3.05, 3.63) is 35.9 Å². The van der Waals surface area contributed by atoms with E-state index in [0.717, 1.165) is 31.2 Å². The molecule has 3 amide bonds. The maximum absolute atomic E-state index is 13.3. The number of carbonyl (C=O) groups is 2. The Labute approximate surface area is 206 Å². The van der Waals surface area contributed by atoms with Crippen molar-refractivity contribution in [3.63, 3.8) is 0 Å². The minimum atomic E-state index is 0.0303. The van der Waals surface area contributed by atoms with Gasteiger partial charge in [-0.1, -0.05) is 80.6 Å². The van der Waals surface area contributed by atoms with Crippen molar-refractivity contribution < 1.29 is 9.59 Å². The standard InChI is InChI=1S/C25H36N4O2S2/c30-22(26-16-19-10-4-1-5-11-19)18-32-23-17-27-24(33-23)28-25(31)29(20-12-6-2-7-13-20)21-14-8-3-9-15-21/h1,4-5,10-11,20-21,23H,2-3,6-9,12-18H2,(H,26,30)(H,27,28,31). The molecule has 2 N–H and O–H groups in total. The summed E-state index contributed by atoms with van der Waals surface area (Å²) < 4.78 is 0.167. The number of carbonyl (C=O) groups excluding carboxylic acids is 2. The first-order valence-electron chi connectivity index (χ1n) is 12.4. The minimum absolute atomic E-state index is 0.0303. The van der Waals surface area contributed by atoms with Gasteiger partial charge in [0, 0.05) is 18.6 Å². The third-order valence-corrected chi connectivity index (χ3v) is 9.26. The smallest absolute Gasteiger partial charge is 0.323 e. The second-order valence-corrected chi connectivity index (χ2v) is 11.9. The molecule has 0 aromatic heterocycles. The summed E-state index contributed by atoms with van der Waals surface area (Å²) in [5.74, 6) is 0.431. The van der Waals surface area contributed by atoms with E-state index in [1.54, 1.807) is 23.5 Å². The van der Waals surface area contributed by atoms with Crippen LogP contribution in [0.3, 0.4) is 0 Å². The van der Waals surface area contributed by atoms with Crippen LogP contribution < -0.4 is 10.6 Å². The zero-order valence-corrected chi connectivity index (χ0v) is 21.0. The molecule has 0 bridgehead atoms. The van der Waals surface area contributed by atoms with Gasteiger partial charge in [0.1, 0.15) is 0 Å². The Hall–Kier alpha value is -1.67. The summed E-state index contributed by atoms with van der Waals surface area (Å²) in [6.45, 7) is 1.18. The lowest BCUT2D eigenvalue weighted by molar-refractivity contribution is -0.118. The molecule has 6 nitrogen and oxygen atoms in total. The number of amides is 3. The molecule has 1 heterocycles. The maximum Gasteiger partial charge on any atom is 0.323 e. The molecule has 2 saturated carbocycles. The molecule has 1 atom stereocenters. The average molecular weight is 489 g/mol. The van der Waals surface area contributed by atoms with Gasteiger partial charge in [0.05, 0.1) is 16.9 Å². The van der Waals surface area contributed by atoms with Crippen LogP contribution in [0.5, 0.6) is 0 Å². The average Bonchev–Trinajstić information content (AvgIpc) is 3.31. The molecule has 2 fully saturated rings. The number of nitrogens with zero attached hydrogens (tertiary/aromatic N) is 2. The second kappa shape index (κ2) is 12.7. The van der Waals surface area contributed by atoms with Crippen molar-refractivity contribution in [2.75, 3.05) is 12.3 Å². The number of aliphatic imine (C=N–C) groups is 1. The second-order valence-electron chi connectivity index (χ2n) is 9.19. The van der Waals surface area contributed by atoms with Gasteiger partial charge in [0.2, 0.25) is 5.91 Å². The number of hydrogen-bond donors (Lipinski definition) is 2. The molecule has 1 aromatic rings. The van der Waals surface area contributed by atoms with Crippen LogP contribution in [-0.2, 0) is 11.3 Å². The molecule has 0 saturated heterocycles. The quantitative estimate of drug-likeness (QED) is 0.557. The zero-order valence-electron chi connectivity index (χ0n) is 19.3. The van der Waals surface area contributed by atoms with E-state index in [1.807, 2.05) is 30.3 Å². The predicted molar refractivity (Wildman–Crippen MR) is 139 cm³/mol. The fourth-order valence-electron chi connectivity index (χ4n) is 5.03. The SMILES string of the molecule is O=C(CSC1CN=C(NC(=O)N(C2CCCCC2)C2CCCCC2)S1)NCc1ccccc1. The molecule has 1 unspecified atom stereocenters. The van der Waals surface area contributed by atoms with Crippen LogP contribution in [0.4, 0.5) is 4.79 Å². The number of rotatable bonds is 7. The van der Waals surface area contributed by atoms with Crippen molar-refractivity contribution in [1.82, 2.24) is 15.5 Å². The predicted octanol–water partition coefficient (Wildman–Crippen LogP) is 5.14. The number of amidine groups is 1. The molecule has 33 heavy (non-hydrogen) atoms. The third-order valence-electron chi connectivity index (χ3n) is 6.74. The molecule has 0 radical (unpaired) electrons. The molecule has 0 spiro atoms. The van der Waals surface area contributed by atoms with Gasteiger partial charge in [0.25, 0.3) is 0 Å². The minimum Gasteiger partial charge on any atom is -0.351 e. The number of hydrogen-bond acceptors (Lipinski definition) is 5. The topological polar surface area (TPSA) is 73.8 Å². The molecule has 4 rings (SSSR count). The van der Waals surface area contributed by atoms with Gasteiger partial charge in [-0.3, -0.25) is 15.1 Å². The number of benzene rings is 1. The van der Waals surface area contributed by atoms with E-state index in [1.165, 1.54) is 38.5 Å². The van der Waals surface area contributed by atoms with Crippen LogP contribution in [-0.4, -0.2) is 51.0 Å². The zero-order chi connectivity index (χ0) is 22.9. The van der Waals surface area contributed by atoms with Gasteiger partial charge >= 0.3 is 6.03 Å². The summed E-state index contributed by atoms with van der Waals surface area (Å²) in [4.78, 5) is 32.3. The molecule has 3 aliphatic rings. The molecule has 1 aliphatic heterocycles. The molecule has 2 aliphatic carbocycles. The lowest BCUT2D eigenvalue weighted by Crippen LogP contribution is -2.53. The highest BCUT2D eigenvalue weighted by Gasteiger charge is 2.34. The van der Waals surface area contributed by atoms with E-state index >= 15 is 0 Å². The monoisotopic (exact) mass is 488 g/mol. The van der Waals surface area contributed by atoms with Crippen LogP contribution in [0.1, 0.15) is 69.8 Å². The maximum atomic E-state index is 13.3. The van der Waals surface area contributed by atoms with E-state index in [-0.39, 0.29) is 16.5 Å². The van der Waals surface area contributed by atoms with Gasteiger partial charge in [-0.05, 0) is 31.2 Å². The van der Waals surface area contributed by atoms with E-state index in [4.69, 9.17) is 0 Å². The highest BCUT2D eigenvalue weighted by Crippen LogP contribution is 2.32. The number of thioether (sulfide) groups is 2. The van der Waals surface area contributed by atoms with Crippen molar-refractivity contribution >= 4 is 40.6 Å². The van der Waals surface area contributed by atoms with Crippen LogP contribution in [0, 0.1) is 0 Å². The van der Waals surface area contributed by atoms with Gasteiger partial charge in [-0.2, -0.15) is 0 Å². The van der Waals surface area contributed by atoms with E-state index in [9.17, 15) is 9.59 Å². The molecule has 1 aromatic carbocycles. The summed E-state index contributed by atoms with van der Waals surface area (Å²) in [7, 11) is 0. The van der Waals surface area contributed by atoms with Crippen LogP contribution >= 0.6 is 23.5 Å². The summed E-state index contributed by atoms with van der Waals surface area (Å²) in [5.41, 5.74) is 1.10. The van der Waals surface area contributed by atoms with Crippen molar-refractivity contribution in [3.8, 4) is 0 Å². The molecular formula is C25H36N4O2S2. The van der Waals surface area contributed by atoms with Crippen molar-refractivity contribution in [2.45, 2.75) is 87.4 Å². The molecule has 180 valence electrons. The largest absolute Gasteiger partial charge is 0.351 e. The Morgan fingerprint density at radius 1 is 0.970 bits per heavy atom. The first-order valence-corrected chi connectivity index (χ1v) is 14.3. The molecule has 8 heteroatoms. The van der Waals surface area contributed by atoms with E-state index in [0.29, 0.717) is 36.1 Å². The van der Waals surface area contributed by atoms with Crippen LogP contribution in [0.15, 0.2) is 35.3 Å². The van der Waals surface area contributed by atoms with Gasteiger partial charge in [-0.25, -0.2) is 4.79 Å². The fourth-order valence-corrected chi connectivity index (χ4v) is 7.10. The highest BCUT2D eigenvalue weighted by molar-refractivity contribution is 8.25. The number of urea groups is 1. The third kappa shape index (κ3) is 7.41. The lowest BCUT2D eigenvalue weighted by Gasteiger charge is -2.41. The van der Waals surface area contributed by atoms with Crippen molar-refractivity contribution in [2.24, 2.45) is 4.99 Å². The van der Waals surface area contributed by atoms with Crippen LogP contribution in [0.2, 0.25) is 0 Å². The van der Waals surface area contributed by atoms with E-state index in [2.05, 4.69) is 20.5 Å². The highest BCUT2D eigenvalue weighted by atomic mass is 32.2. The van der Waals surface area contributed by atoms with Gasteiger partial charge in [-0.15, -0.1) is 11.8 Å². The molecular weight excluding hydrogens is 452 g/mol. The normalized spacial score (nSPS) is 21.9. The van der Waals surface area contributed by atoms with Gasteiger partial charge in [0.15, 0.2) is 5.17 Å². The Morgan fingerprint density at radius 3 is 2.24 bits per heavy atom. The summed E-state index contributed by atoms with van der Waals surface area (Å²) in [6, 6.07) is 10.7. The number of nitrogens with one attached hydrogen (secondary N) is 2. The Bertz CT molecular complexity index is 790. The van der Waals surface area contributed by atoms with Crippen LogP contribution in [0.25, 0.3) is 0 Å². The van der Waals surface area contributed by atoms with Crippen molar-refractivity contribution in [1.29, 1.82) is 0 Å². The summed E-state index contributed by atoms with van der Waals surface area (Å²) in [6.07, 6.45) is 12.0. The van der Waals surface area contributed by atoms with E-state index < -0.39 is 0 Å². The first kappa shape index (κ1) is 24.5.